The van der Waals surface area contributed by atoms with Crippen LogP contribution in [-0.4, -0.2) is 38.2 Å². The maximum absolute atomic E-state index is 12.0. The fraction of sp³-hybridized carbons (Fsp3) is 0.286. The van der Waals surface area contributed by atoms with Crippen LogP contribution in [0.25, 0.3) is 0 Å². The van der Waals surface area contributed by atoms with Gasteiger partial charge < -0.3 is 19.5 Å². The number of carbonyl (C=O) groups excluding carboxylic acids is 3. The monoisotopic (exact) mass is 385 g/mol. The predicted molar refractivity (Wildman–Crippen MR) is 104 cm³/mol. The summed E-state index contributed by atoms with van der Waals surface area (Å²) in [6.45, 7) is 2.18. The molecule has 0 spiro atoms. The van der Waals surface area contributed by atoms with Gasteiger partial charge in [0.05, 0.1) is 24.8 Å². The van der Waals surface area contributed by atoms with E-state index in [-0.39, 0.29) is 18.5 Å². The molecule has 0 aliphatic carbocycles. The minimum atomic E-state index is -0.483. The number of benzene rings is 2. The Kier molecular flexibility index (Phi) is 8.02. The summed E-state index contributed by atoms with van der Waals surface area (Å²) < 4.78 is 15.2. The smallest absolute Gasteiger partial charge is 0.338 e. The summed E-state index contributed by atoms with van der Waals surface area (Å²) in [4.78, 5) is 35.4. The van der Waals surface area contributed by atoms with Crippen molar-refractivity contribution in [1.29, 1.82) is 0 Å². The van der Waals surface area contributed by atoms with Crippen molar-refractivity contribution in [3.05, 3.63) is 59.7 Å². The second-order valence-electron chi connectivity index (χ2n) is 5.92. The van der Waals surface area contributed by atoms with Gasteiger partial charge in [0, 0.05) is 5.69 Å². The highest BCUT2D eigenvalue weighted by Gasteiger charge is 2.10. The van der Waals surface area contributed by atoms with E-state index in [1.807, 2.05) is 6.92 Å². The molecule has 0 bridgehead atoms. The summed E-state index contributed by atoms with van der Waals surface area (Å²) in [6, 6.07) is 12.8. The third-order valence-electron chi connectivity index (χ3n) is 3.76. The summed E-state index contributed by atoms with van der Waals surface area (Å²) in [5, 5.41) is 2.67. The number of amides is 1. The summed E-state index contributed by atoms with van der Waals surface area (Å²) in [5.41, 5.74) is 1.29. The standard InChI is InChI=1S/C21H23NO6/c1-3-4-12-27-21(25)15-8-10-17(11-9-15)22-19(23)14-28-18-7-5-6-16(13-18)20(24)26-2/h5-11,13H,3-4,12,14H2,1-2H3,(H,22,23). The molecule has 7 nitrogen and oxygen atoms in total. The van der Waals surface area contributed by atoms with Gasteiger partial charge in [0.25, 0.3) is 5.91 Å². The highest BCUT2D eigenvalue weighted by molar-refractivity contribution is 5.94. The number of esters is 2. The Bertz CT molecular complexity index is 816. The number of unbranched alkanes of at least 4 members (excludes halogenated alkanes) is 1. The molecule has 0 fully saturated rings. The molecule has 2 rings (SSSR count). The topological polar surface area (TPSA) is 90.9 Å². The van der Waals surface area contributed by atoms with Gasteiger partial charge in [-0.3, -0.25) is 4.79 Å². The van der Waals surface area contributed by atoms with Crippen LogP contribution in [0.1, 0.15) is 40.5 Å². The Labute approximate surface area is 163 Å². The SMILES string of the molecule is CCCCOC(=O)c1ccc(NC(=O)COc2cccc(C(=O)OC)c2)cc1. The number of hydrogen-bond acceptors (Lipinski definition) is 6. The highest BCUT2D eigenvalue weighted by Crippen LogP contribution is 2.15. The molecule has 0 radical (unpaired) electrons. The van der Waals surface area contributed by atoms with Crippen LogP contribution in [0.4, 0.5) is 5.69 Å². The van der Waals surface area contributed by atoms with Gasteiger partial charge in [0.15, 0.2) is 6.61 Å². The largest absolute Gasteiger partial charge is 0.484 e. The van der Waals surface area contributed by atoms with Gasteiger partial charge in [-0.15, -0.1) is 0 Å². The summed E-state index contributed by atoms with van der Waals surface area (Å²) in [7, 11) is 1.29. The van der Waals surface area contributed by atoms with Crippen LogP contribution in [0.5, 0.6) is 5.75 Å². The van der Waals surface area contributed by atoms with E-state index in [0.29, 0.717) is 29.2 Å². The summed E-state index contributed by atoms with van der Waals surface area (Å²) >= 11 is 0. The molecule has 2 aromatic carbocycles. The van der Waals surface area contributed by atoms with Gasteiger partial charge in [0.2, 0.25) is 0 Å². The van der Waals surface area contributed by atoms with E-state index in [1.165, 1.54) is 13.2 Å². The zero-order valence-corrected chi connectivity index (χ0v) is 15.9. The number of carbonyl (C=O) groups is 3. The molecule has 2 aromatic rings. The number of anilines is 1. The average Bonchev–Trinajstić information content (AvgIpc) is 2.72. The van der Waals surface area contributed by atoms with Crippen LogP contribution in [0.3, 0.4) is 0 Å². The number of methoxy groups -OCH3 is 1. The van der Waals surface area contributed by atoms with Crippen molar-refractivity contribution in [2.45, 2.75) is 19.8 Å². The number of ether oxygens (including phenoxy) is 3. The summed E-state index contributed by atoms with van der Waals surface area (Å²) in [5.74, 6) is -0.867. The van der Waals surface area contributed by atoms with E-state index in [9.17, 15) is 14.4 Å². The average molecular weight is 385 g/mol. The molecule has 0 heterocycles. The molecule has 0 aliphatic heterocycles. The van der Waals surface area contributed by atoms with Gasteiger partial charge >= 0.3 is 11.9 Å². The van der Waals surface area contributed by atoms with Crippen LogP contribution in [0.2, 0.25) is 0 Å². The molecule has 0 unspecified atom stereocenters. The van der Waals surface area contributed by atoms with Gasteiger partial charge in [-0.25, -0.2) is 9.59 Å². The first-order chi connectivity index (χ1) is 13.5. The maximum atomic E-state index is 12.0. The fourth-order valence-corrected chi connectivity index (χ4v) is 2.26. The molecule has 0 atom stereocenters. The van der Waals surface area contributed by atoms with E-state index in [4.69, 9.17) is 9.47 Å². The van der Waals surface area contributed by atoms with Crippen molar-refractivity contribution >= 4 is 23.5 Å². The molecule has 0 saturated heterocycles. The van der Waals surface area contributed by atoms with Crippen LogP contribution < -0.4 is 10.1 Å². The molecule has 28 heavy (non-hydrogen) atoms. The number of hydrogen-bond donors (Lipinski definition) is 1. The van der Waals surface area contributed by atoms with Gasteiger partial charge in [0.1, 0.15) is 5.75 Å². The second kappa shape index (κ2) is 10.7. The Morgan fingerprint density at radius 3 is 2.39 bits per heavy atom. The van der Waals surface area contributed by atoms with E-state index in [2.05, 4.69) is 10.1 Å². The Balaban J connectivity index is 1.84. The molecular weight excluding hydrogens is 362 g/mol. The van der Waals surface area contributed by atoms with Crippen molar-refractivity contribution in [1.82, 2.24) is 0 Å². The van der Waals surface area contributed by atoms with Crippen molar-refractivity contribution in [3.63, 3.8) is 0 Å². The third-order valence-corrected chi connectivity index (χ3v) is 3.76. The van der Waals surface area contributed by atoms with Crippen LogP contribution >= 0.6 is 0 Å². The molecule has 0 saturated carbocycles. The molecular formula is C21H23NO6. The first-order valence-corrected chi connectivity index (χ1v) is 8.91. The lowest BCUT2D eigenvalue weighted by Gasteiger charge is -2.09. The minimum Gasteiger partial charge on any atom is -0.484 e. The Morgan fingerprint density at radius 1 is 0.964 bits per heavy atom. The van der Waals surface area contributed by atoms with Crippen molar-refractivity contribution in [2.75, 3.05) is 25.6 Å². The molecule has 1 N–H and O–H groups in total. The molecule has 0 aromatic heterocycles. The maximum Gasteiger partial charge on any atom is 0.338 e. The Hall–Kier alpha value is -3.35. The van der Waals surface area contributed by atoms with Gasteiger partial charge in [-0.2, -0.15) is 0 Å². The lowest BCUT2D eigenvalue weighted by Crippen LogP contribution is -2.20. The first kappa shape index (κ1) is 21.0. The predicted octanol–water partition coefficient (Wildman–Crippen LogP) is 3.45. The van der Waals surface area contributed by atoms with Crippen LogP contribution in [-0.2, 0) is 14.3 Å². The van der Waals surface area contributed by atoms with Crippen LogP contribution in [0.15, 0.2) is 48.5 Å². The molecule has 0 aliphatic rings. The van der Waals surface area contributed by atoms with Gasteiger partial charge in [-0.05, 0) is 48.9 Å². The number of rotatable bonds is 9. The van der Waals surface area contributed by atoms with E-state index < -0.39 is 5.97 Å². The normalized spacial score (nSPS) is 10.1. The first-order valence-electron chi connectivity index (χ1n) is 8.91. The Morgan fingerprint density at radius 2 is 1.71 bits per heavy atom. The lowest BCUT2D eigenvalue weighted by atomic mass is 10.2. The minimum absolute atomic E-state index is 0.231. The zero-order chi connectivity index (χ0) is 20.4. The highest BCUT2D eigenvalue weighted by atomic mass is 16.5. The molecule has 7 heteroatoms. The van der Waals surface area contributed by atoms with Crippen molar-refractivity contribution < 1.29 is 28.6 Å². The lowest BCUT2D eigenvalue weighted by molar-refractivity contribution is -0.118. The number of nitrogens with one attached hydrogen (secondary N) is 1. The summed E-state index contributed by atoms with van der Waals surface area (Å²) in [6.07, 6.45) is 1.77. The van der Waals surface area contributed by atoms with E-state index in [0.717, 1.165) is 12.8 Å². The van der Waals surface area contributed by atoms with E-state index in [1.54, 1.807) is 42.5 Å². The van der Waals surface area contributed by atoms with E-state index >= 15 is 0 Å². The third kappa shape index (κ3) is 6.42. The van der Waals surface area contributed by atoms with Crippen molar-refractivity contribution in [2.24, 2.45) is 0 Å². The second-order valence-corrected chi connectivity index (χ2v) is 5.92. The van der Waals surface area contributed by atoms with Crippen molar-refractivity contribution in [3.8, 4) is 5.75 Å². The van der Waals surface area contributed by atoms with Crippen LogP contribution in [0, 0.1) is 0 Å². The zero-order valence-electron chi connectivity index (χ0n) is 15.9. The quantitative estimate of drug-likeness (QED) is 0.525. The fourth-order valence-electron chi connectivity index (χ4n) is 2.26. The van der Waals surface area contributed by atoms with Gasteiger partial charge in [-0.1, -0.05) is 19.4 Å². The molecule has 148 valence electrons. The molecule has 1 amide bonds.